The van der Waals surface area contributed by atoms with Crippen LogP contribution in [0.3, 0.4) is 0 Å². The number of aromatic nitrogens is 2. The first-order valence-electron chi connectivity index (χ1n) is 7.98. The molecule has 0 aromatic carbocycles. The summed E-state index contributed by atoms with van der Waals surface area (Å²) in [6.45, 7) is 9.95. The molecule has 1 aliphatic carbocycles. The molecule has 1 aromatic heterocycles. The van der Waals surface area contributed by atoms with Crippen LogP contribution in [0.2, 0.25) is 0 Å². The number of nitrogens with zero attached hydrogens (tertiary/aromatic N) is 3. The van der Waals surface area contributed by atoms with Crippen molar-refractivity contribution in [3.8, 4) is 0 Å². The van der Waals surface area contributed by atoms with Crippen molar-refractivity contribution in [2.75, 3.05) is 11.4 Å². The van der Waals surface area contributed by atoms with E-state index < -0.39 is 0 Å². The van der Waals surface area contributed by atoms with Crippen molar-refractivity contribution >= 4 is 5.82 Å². The maximum absolute atomic E-state index is 6.19. The number of nitrogens with two attached hydrogens (primary N) is 1. The van der Waals surface area contributed by atoms with Gasteiger partial charge in [0.25, 0.3) is 0 Å². The molecule has 2 N–H and O–H groups in total. The van der Waals surface area contributed by atoms with Gasteiger partial charge in [-0.15, -0.1) is 0 Å². The van der Waals surface area contributed by atoms with Crippen molar-refractivity contribution in [1.82, 2.24) is 9.78 Å². The minimum Gasteiger partial charge on any atom is -0.353 e. The molecular weight excluding hydrogens is 248 g/mol. The summed E-state index contributed by atoms with van der Waals surface area (Å²) in [6.07, 6.45) is 4.58. The molecule has 1 heterocycles. The summed E-state index contributed by atoms with van der Waals surface area (Å²) in [5.74, 6) is 1.97. The fourth-order valence-corrected chi connectivity index (χ4v) is 2.88. The average molecular weight is 278 g/mol. The first kappa shape index (κ1) is 15.4. The second-order valence-corrected chi connectivity index (χ2v) is 6.66. The van der Waals surface area contributed by atoms with E-state index in [0.29, 0.717) is 12.0 Å². The van der Waals surface area contributed by atoms with Crippen molar-refractivity contribution in [2.45, 2.75) is 65.5 Å². The Kier molecular flexibility index (Phi) is 4.74. The quantitative estimate of drug-likeness (QED) is 0.834. The van der Waals surface area contributed by atoms with Crippen LogP contribution < -0.4 is 10.6 Å². The minimum absolute atomic E-state index is 0.233. The molecule has 0 spiro atoms. The Labute approximate surface area is 123 Å². The maximum atomic E-state index is 6.19. The molecule has 1 fully saturated rings. The lowest BCUT2D eigenvalue weighted by Gasteiger charge is -2.28. The zero-order chi connectivity index (χ0) is 14.9. The van der Waals surface area contributed by atoms with Crippen molar-refractivity contribution in [2.24, 2.45) is 18.7 Å². The predicted octanol–water partition coefficient (Wildman–Crippen LogP) is 2.63. The number of anilines is 1. The molecule has 0 saturated heterocycles. The summed E-state index contributed by atoms with van der Waals surface area (Å²) in [4.78, 5) is 2.57. The Morgan fingerprint density at radius 2 is 2.05 bits per heavy atom. The Bertz CT molecular complexity index is 446. The Morgan fingerprint density at radius 1 is 1.40 bits per heavy atom. The van der Waals surface area contributed by atoms with E-state index in [9.17, 15) is 0 Å². The van der Waals surface area contributed by atoms with Gasteiger partial charge in [-0.25, -0.2) is 0 Å². The molecule has 1 aromatic rings. The Morgan fingerprint density at radius 3 is 2.55 bits per heavy atom. The van der Waals surface area contributed by atoms with Gasteiger partial charge in [-0.05, 0) is 38.5 Å². The monoisotopic (exact) mass is 278 g/mol. The van der Waals surface area contributed by atoms with Crippen LogP contribution in [0, 0.1) is 12.8 Å². The molecule has 4 nitrogen and oxygen atoms in total. The highest BCUT2D eigenvalue weighted by molar-refractivity contribution is 5.52. The summed E-state index contributed by atoms with van der Waals surface area (Å²) in [5, 5.41) is 4.66. The molecule has 1 unspecified atom stereocenters. The van der Waals surface area contributed by atoms with Crippen LogP contribution in [-0.4, -0.2) is 28.4 Å². The Balaban J connectivity index is 2.32. The summed E-state index contributed by atoms with van der Waals surface area (Å²) in [6, 6.07) is 0.945. The van der Waals surface area contributed by atoms with Crippen molar-refractivity contribution in [3.05, 3.63) is 11.3 Å². The van der Waals surface area contributed by atoms with Gasteiger partial charge in [-0.1, -0.05) is 20.8 Å². The van der Waals surface area contributed by atoms with Gasteiger partial charge >= 0.3 is 0 Å². The van der Waals surface area contributed by atoms with E-state index in [-0.39, 0.29) is 6.04 Å². The van der Waals surface area contributed by atoms with E-state index in [4.69, 9.17) is 5.73 Å². The van der Waals surface area contributed by atoms with E-state index in [0.717, 1.165) is 25.1 Å². The highest BCUT2D eigenvalue weighted by atomic mass is 15.4. The molecule has 2 rings (SSSR count). The van der Waals surface area contributed by atoms with Gasteiger partial charge in [-0.2, -0.15) is 5.10 Å². The van der Waals surface area contributed by atoms with Crippen LogP contribution in [0.15, 0.2) is 0 Å². The van der Waals surface area contributed by atoms with E-state index in [1.54, 1.807) is 0 Å². The topological polar surface area (TPSA) is 47.1 Å². The average Bonchev–Trinajstić information content (AvgIpc) is 3.16. The first-order valence-corrected chi connectivity index (χ1v) is 7.98. The summed E-state index contributed by atoms with van der Waals surface area (Å²) in [5.41, 5.74) is 8.69. The molecule has 1 aliphatic rings. The lowest BCUT2D eigenvalue weighted by Crippen LogP contribution is -2.33. The molecule has 0 radical (unpaired) electrons. The molecule has 0 amide bonds. The van der Waals surface area contributed by atoms with Gasteiger partial charge in [0.1, 0.15) is 5.82 Å². The van der Waals surface area contributed by atoms with Crippen LogP contribution in [0.25, 0.3) is 0 Å². The van der Waals surface area contributed by atoms with Gasteiger partial charge in [0.05, 0.1) is 5.69 Å². The number of hydrogen-bond donors (Lipinski definition) is 1. The van der Waals surface area contributed by atoms with Gasteiger partial charge in [-0.3, -0.25) is 4.68 Å². The van der Waals surface area contributed by atoms with Crippen LogP contribution in [0.4, 0.5) is 5.82 Å². The SMILES string of the molecule is CCC(N)Cc1c(C)nn(C)c1N(CC(C)C)C1CC1. The fourth-order valence-electron chi connectivity index (χ4n) is 2.88. The minimum atomic E-state index is 0.233. The molecule has 1 saturated carbocycles. The van der Waals surface area contributed by atoms with Gasteiger partial charge in [0, 0.05) is 31.2 Å². The first-order chi connectivity index (χ1) is 9.43. The molecular formula is C16H30N4. The van der Waals surface area contributed by atoms with Crippen LogP contribution in [0.1, 0.15) is 51.3 Å². The van der Waals surface area contributed by atoms with Crippen LogP contribution in [-0.2, 0) is 13.5 Å². The smallest absolute Gasteiger partial charge is 0.130 e. The standard InChI is InChI=1S/C16H30N4/c1-6-13(17)9-15-12(4)18-19(5)16(15)20(10-11(2)3)14-7-8-14/h11,13-14H,6-10,17H2,1-5H3. The Hall–Kier alpha value is -1.03. The van der Waals surface area contributed by atoms with Gasteiger partial charge in [0.2, 0.25) is 0 Å². The fraction of sp³-hybridized carbons (Fsp3) is 0.812. The second kappa shape index (κ2) is 6.17. The second-order valence-electron chi connectivity index (χ2n) is 6.66. The molecule has 114 valence electrons. The van der Waals surface area contributed by atoms with Crippen molar-refractivity contribution in [1.29, 1.82) is 0 Å². The zero-order valence-electron chi connectivity index (χ0n) is 13.7. The van der Waals surface area contributed by atoms with Crippen molar-refractivity contribution in [3.63, 3.8) is 0 Å². The third-order valence-corrected chi connectivity index (χ3v) is 4.13. The number of hydrogen-bond acceptors (Lipinski definition) is 3. The molecule has 4 heteroatoms. The predicted molar refractivity (Wildman–Crippen MR) is 85.1 cm³/mol. The normalized spacial score (nSPS) is 16.8. The highest BCUT2D eigenvalue weighted by Crippen LogP contribution is 2.35. The van der Waals surface area contributed by atoms with E-state index in [2.05, 4.69) is 49.4 Å². The van der Waals surface area contributed by atoms with Crippen molar-refractivity contribution < 1.29 is 0 Å². The summed E-state index contributed by atoms with van der Waals surface area (Å²) in [7, 11) is 2.07. The maximum Gasteiger partial charge on any atom is 0.130 e. The van der Waals surface area contributed by atoms with E-state index >= 15 is 0 Å². The molecule has 20 heavy (non-hydrogen) atoms. The summed E-state index contributed by atoms with van der Waals surface area (Å²) >= 11 is 0. The molecule has 0 bridgehead atoms. The van der Waals surface area contributed by atoms with E-state index in [1.165, 1.54) is 24.2 Å². The molecule has 1 atom stereocenters. The molecule has 0 aliphatic heterocycles. The van der Waals surface area contributed by atoms with E-state index in [1.807, 2.05) is 0 Å². The highest BCUT2D eigenvalue weighted by Gasteiger charge is 2.33. The zero-order valence-corrected chi connectivity index (χ0v) is 13.7. The number of aryl methyl sites for hydroxylation is 2. The van der Waals surface area contributed by atoms with Crippen LogP contribution >= 0.6 is 0 Å². The largest absolute Gasteiger partial charge is 0.353 e. The van der Waals surface area contributed by atoms with Crippen LogP contribution in [0.5, 0.6) is 0 Å². The third kappa shape index (κ3) is 3.35. The number of rotatable bonds is 7. The van der Waals surface area contributed by atoms with Gasteiger partial charge in [0.15, 0.2) is 0 Å². The summed E-state index contributed by atoms with van der Waals surface area (Å²) < 4.78 is 2.06. The lowest BCUT2D eigenvalue weighted by atomic mass is 10.0. The third-order valence-electron chi connectivity index (χ3n) is 4.13. The van der Waals surface area contributed by atoms with Gasteiger partial charge < -0.3 is 10.6 Å². The lowest BCUT2D eigenvalue weighted by molar-refractivity contribution is 0.583.